The lowest BCUT2D eigenvalue weighted by atomic mass is 10.1. The molecule has 2 amide bonds. The highest BCUT2D eigenvalue weighted by Crippen LogP contribution is 2.26. The molecule has 0 spiro atoms. The van der Waals surface area contributed by atoms with Gasteiger partial charge in [0.05, 0.1) is 18.1 Å². The number of hydrogen-bond acceptors (Lipinski definition) is 4. The van der Waals surface area contributed by atoms with Gasteiger partial charge < -0.3 is 15.0 Å². The minimum atomic E-state index is -0.413. The quantitative estimate of drug-likeness (QED) is 0.825. The maximum absolute atomic E-state index is 12.5. The summed E-state index contributed by atoms with van der Waals surface area (Å²) < 4.78 is 4.93. The summed E-state index contributed by atoms with van der Waals surface area (Å²) in [6, 6.07) is 14.2. The van der Waals surface area contributed by atoms with Gasteiger partial charge >= 0.3 is 5.97 Å². The highest BCUT2D eigenvalue weighted by Gasteiger charge is 2.35. The zero-order valence-corrected chi connectivity index (χ0v) is 15.4. The molecule has 2 aromatic carbocycles. The molecule has 0 saturated carbocycles. The summed E-state index contributed by atoms with van der Waals surface area (Å²) in [6.07, 6.45) is 0.181. The Bertz CT molecular complexity index is 843. The van der Waals surface area contributed by atoms with Gasteiger partial charge in [0, 0.05) is 24.3 Å². The molecule has 0 aliphatic carbocycles. The van der Waals surface area contributed by atoms with Crippen molar-refractivity contribution in [3.8, 4) is 0 Å². The minimum absolute atomic E-state index is 0.0586. The summed E-state index contributed by atoms with van der Waals surface area (Å²) in [5.74, 6) is -1.08. The Morgan fingerprint density at radius 1 is 1.11 bits per heavy atom. The van der Waals surface area contributed by atoms with E-state index in [1.807, 2.05) is 31.2 Å². The summed E-state index contributed by atoms with van der Waals surface area (Å²) in [5, 5.41) is 2.81. The Hall–Kier alpha value is -3.15. The first-order chi connectivity index (χ1) is 13.0. The molecule has 1 aliphatic rings. The summed E-state index contributed by atoms with van der Waals surface area (Å²) >= 11 is 0. The molecular weight excluding hydrogens is 344 g/mol. The van der Waals surface area contributed by atoms with E-state index in [9.17, 15) is 14.4 Å². The number of amides is 2. The van der Waals surface area contributed by atoms with Crippen molar-refractivity contribution >= 4 is 29.2 Å². The molecule has 1 heterocycles. The monoisotopic (exact) mass is 366 g/mol. The molecule has 0 aromatic heterocycles. The molecule has 27 heavy (non-hydrogen) atoms. The average Bonchev–Trinajstić information content (AvgIpc) is 3.05. The fourth-order valence-corrected chi connectivity index (χ4v) is 3.01. The standard InChI is InChI=1S/C21H22N2O4/c1-3-27-21(26)15-6-8-17(9-7-15)22-20(25)16-12-19(24)23(13-16)18-10-4-14(2)5-11-18/h4-11,16H,3,12-13H2,1-2H3,(H,22,25)/t16-/m0/s1. The van der Waals surface area contributed by atoms with Crippen LogP contribution in [0.15, 0.2) is 48.5 Å². The van der Waals surface area contributed by atoms with E-state index in [-0.39, 0.29) is 18.2 Å². The van der Waals surface area contributed by atoms with Crippen LogP contribution in [0.5, 0.6) is 0 Å². The lowest BCUT2D eigenvalue weighted by Crippen LogP contribution is -2.28. The van der Waals surface area contributed by atoms with Gasteiger partial charge in [-0.3, -0.25) is 9.59 Å². The van der Waals surface area contributed by atoms with Gasteiger partial charge in [-0.15, -0.1) is 0 Å². The molecule has 1 atom stereocenters. The Morgan fingerprint density at radius 3 is 2.41 bits per heavy atom. The van der Waals surface area contributed by atoms with Crippen molar-refractivity contribution in [2.24, 2.45) is 5.92 Å². The van der Waals surface area contributed by atoms with Crippen molar-refractivity contribution in [3.05, 3.63) is 59.7 Å². The van der Waals surface area contributed by atoms with E-state index >= 15 is 0 Å². The van der Waals surface area contributed by atoms with Crippen molar-refractivity contribution in [1.29, 1.82) is 0 Å². The zero-order valence-electron chi connectivity index (χ0n) is 15.4. The minimum Gasteiger partial charge on any atom is -0.462 e. The molecule has 1 N–H and O–H groups in total. The second-order valence-corrected chi connectivity index (χ2v) is 6.53. The Balaban J connectivity index is 1.62. The first kappa shape index (κ1) is 18.6. The molecule has 1 saturated heterocycles. The zero-order chi connectivity index (χ0) is 19.4. The molecule has 6 nitrogen and oxygen atoms in total. The second kappa shape index (κ2) is 8.03. The van der Waals surface area contributed by atoms with Gasteiger partial charge in [-0.25, -0.2) is 4.79 Å². The van der Waals surface area contributed by atoms with E-state index in [0.717, 1.165) is 11.3 Å². The van der Waals surface area contributed by atoms with Crippen LogP contribution in [-0.4, -0.2) is 30.9 Å². The van der Waals surface area contributed by atoms with E-state index in [1.165, 1.54) is 0 Å². The number of carbonyl (C=O) groups excluding carboxylic acids is 3. The first-order valence-electron chi connectivity index (χ1n) is 8.93. The van der Waals surface area contributed by atoms with E-state index in [2.05, 4.69) is 5.32 Å². The number of rotatable bonds is 5. The van der Waals surface area contributed by atoms with Crippen molar-refractivity contribution < 1.29 is 19.1 Å². The fourth-order valence-electron chi connectivity index (χ4n) is 3.01. The van der Waals surface area contributed by atoms with Crippen LogP contribution in [0.3, 0.4) is 0 Å². The molecule has 3 rings (SSSR count). The molecule has 140 valence electrons. The number of ether oxygens (including phenoxy) is 1. The number of nitrogens with zero attached hydrogens (tertiary/aromatic N) is 1. The summed E-state index contributed by atoms with van der Waals surface area (Å²) in [6.45, 7) is 4.40. The molecule has 0 bridgehead atoms. The third-order valence-corrected chi connectivity index (χ3v) is 4.51. The van der Waals surface area contributed by atoms with E-state index in [1.54, 1.807) is 36.1 Å². The topological polar surface area (TPSA) is 75.7 Å². The molecule has 0 unspecified atom stereocenters. The van der Waals surface area contributed by atoms with Gasteiger partial charge in [-0.05, 0) is 50.2 Å². The summed E-state index contributed by atoms with van der Waals surface area (Å²) in [4.78, 5) is 38.1. The van der Waals surface area contributed by atoms with Gasteiger partial charge in [0.15, 0.2) is 0 Å². The third kappa shape index (κ3) is 4.34. The van der Waals surface area contributed by atoms with Crippen LogP contribution in [-0.2, 0) is 14.3 Å². The van der Waals surface area contributed by atoms with Crippen molar-refractivity contribution in [3.63, 3.8) is 0 Å². The van der Waals surface area contributed by atoms with Gasteiger partial charge in [0.2, 0.25) is 11.8 Å². The summed E-state index contributed by atoms with van der Waals surface area (Å²) in [5.41, 5.74) is 2.93. The predicted octanol–water partition coefficient (Wildman–Crippen LogP) is 3.16. The molecule has 1 fully saturated rings. The number of benzene rings is 2. The number of esters is 1. The fraction of sp³-hybridized carbons (Fsp3) is 0.286. The lowest BCUT2D eigenvalue weighted by molar-refractivity contribution is -0.122. The van der Waals surface area contributed by atoms with Crippen molar-refractivity contribution in [2.75, 3.05) is 23.4 Å². The van der Waals surface area contributed by atoms with Crippen LogP contribution in [0, 0.1) is 12.8 Å². The van der Waals surface area contributed by atoms with Gasteiger partial charge in [-0.1, -0.05) is 17.7 Å². The molecule has 6 heteroatoms. The first-order valence-corrected chi connectivity index (χ1v) is 8.93. The van der Waals surface area contributed by atoms with Crippen LogP contribution in [0.25, 0.3) is 0 Å². The predicted molar refractivity (Wildman–Crippen MR) is 103 cm³/mol. The lowest BCUT2D eigenvalue weighted by Gasteiger charge is -2.17. The van der Waals surface area contributed by atoms with E-state index in [4.69, 9.17) is 4.74 Å². The second-order valence-electron chi connectivity index (χ2n) is 6.53. The number of anilines is 2. The Labute approximate surface area is 158 Å². The highest BCUT2D eigenvalue weighted by molar-refractivity contribution is 6.03. The molecule has 1 aliphatic heterocycles. The third-order valence-electron chi connectivity index (χ3n) is 4.51. The Morgan fingerprint density at radius 2 is 1.78 bits per heavy atom. The molecular formula is C21H22N2O4. The largest absolute Gasteiger partial charge is 0.462 e. The van der Waals surface area contributed by atoms with Gasteiger partial charge in [0.25, 0.3) is 0 Å². The summed E-state index contributed by atoms with van der Waals surface area (Å²) in [7, 11) is 0. The normalized spacial score (nSPS) is 16.3. The molecule has 2 aromatic rings. The van der Waals surface area contributed by atoms with Crippen molar-refractivity contribution in [2.45, 2.75) is 20.3 Å². The number of aryl methyl sites for hydroxylation is 1. The van der Waals surface area contributed by atoms with Crippen molar-refractivity contribution in [1.82, 2.24) is 0 Å². The van der Waals surface area contributed by atoms with Crippen LogP contribution >= 0.6 is 0 Å². The van der Waals surface area contributed by atoms with Gasteiger partial charge in [0.1, 0.15) is 0 Å². The smallest absolute Gasteiger partial charge is 0.338 e. The SMILES string of the molecule is CCOC(=O)c1ccc(NC(=O)[C@H]2CC(=O)N(c3ccc(C)cc3)C2)cc1. The van der Waals surface area contributed by atoms with Crippen LogP contribution in [0.2, 0.25) is 0 Å². The average molecular weight is 366 g/mol. The number of carbonyl (C=O) groups is 3. The van der Waals surface area contributed by atoms with Crippen LogP contribution in [0.4, 0.5) is 11.4 Å². The Kier molecular flexibility index (Phi) is 5.54. The molecule has 0 radical (unpaired) electrons. The van der Waals surface area contributed by atoms with E-state index in [0.29, 0.717) is 24.4 Å². The highest BCUT2D eigenvalue weighted by atomic mass is 16.5. The maximum atomic E-state index is 12.5. The van der Waals surface area contributed by atoms with E-state index < -0.39 is 11.9 Å². The van der Waals surface area contributed by atoms with Crippen LogP contribution in [0.1, 0.15) is 29.3 Å². The van der Waals surface area contributed by atoms with Crippen LogP contribution < -0.4 is 10.2 Å². The number of hydrogen-bond donors (Lipinski definition) is 1. The maximum Gasteiger partial charge on any atom is 0.338 e. The number of nitrogens with one attached hydrogen (secondary N) is 1. The van der Waals surface area contributed by atoms with Gasteiger partial charge in [-0.2, -0.15) is 0 Å².